The van der Waals surface area contributed by atoms with Gasteiger partial charge in [-0.2, -0.15) is 0 Å². The number of imidazole rings is 1. The molecule has 0 bridgehead atoms. The Morgan fingerprint density at radius 1 is 0.816 bits per heavy atom. The lowest BCUT2D eigenvalue weighted by atomic mass is 9.88. The number of thiophene rings is 1. The first-order chi connectivity index (χ1) is 18.4. The van der Waals surface area contributed by atoms with Crippen LogP contribution in [0.2, 0.25) is 0 Å². The molecule has 0 radical (unpaired) electrons. The van der Waals surface area contributed by atoms with E-state index in [9.17, 15) is 0 Å². The molecule has 0 aliphatic heterocycles. The molecular formula is C34H33N3S. The molecule has 3 aromatic heterocycles. The van der Waals surface area contributed by atoms with Crippen molar-refractivity contribution >= 4 is 32.5 Å². The minimum atomic E-state index is 0.454. The molecular weight excluding hydrogens is 482 g/mol. The molecule has 0 saturated heterocycles. The third kappa shape index (κ3) is 4.33. The minimum Gasteiger partial charge on any atom is -0.319 e. The van der Waals surface area contributed by atoms with Gasteiger partial charge in [-0.25, -0.2) is 4.98 Å². The van der Waals surface area contributed by atoms with Gasteiger partial charge in [0.1, 0.15) is 5.82 Å². The summed E-state index contributed by atoms with van der Waals surface area (Å²) in [5.74, 6) is 1.94. The Kier molecular flexibility index (Phi) is 6.37. The number of rotatable bonds is 6. The number of para-hydroxylation sites is 2. The highest BCUT2D eigenvalue weighted by atomic mass is 32.1. The summed E-state index contributed by atoms with van der Waals surface area (Å²) in [7, 11) is 0. The zero-order valence-corrected chi connectivity index (χ0v) is 23.5. The highest BCUT2D eigenvalue weighted by Crippen LogP contribution is 2.39. The van der Waals surface area contributed by atoms with Crippen LogP contribution < -0.4 is 0 Å². The van der Waals surface area contributed by atoms with Crippen LogP contribution in [0, 0.1) is 6.92 Å². The van der Waals surface area contributed by atoms with Gasteiger partial charge < -0.3 is 4.57 Å². The molecule has 0 spiro atoms. The average molecular weight is 516 g/mol. The summed E-state index contributed by atoms with van der Waals surface area (Å²) >= 11 is 1.79. The Balaban J connectivity index is 1.56. The third-order valence-electron chi connectivity index (χ3n) is 7.51. The molecule has 38 heavy (non-hydrogen) atoms. The van der Waals surface area contributed by atoms with E-state index in [4.69, 9.17) is 4.98 Å². The van der Waals surface area contributed by atoms with E-state index in [1.54, 1.807) is 11.3 Å². The lowest BCUT2D eigenvalue weighted by molar-refractivity contribution is 0.750. The quantitative estimate of drug-likeness (QED) is 0.221. The van der Waals surface area contributed by atoms with Crippen LogP contribution in [-0.4, -0.2) is 14.5 Å². The second-order valence-corrected chi connectivity index (χ2v) is 11.7. The standard InChI is InChI=1S/C34H33N3S/c1-21(2)26-9-8-10-27(22(3)4)29(26)19-37-32-12-7-6-11-31(32)36-34(37)30-20-38-33-14-13-24(18-28(30)33)25-15-16-35-23(5)17-25/h6-18,20-22H,19H2,1-5H3. The topological polar surface area (TPSA) is 30.7 Å². The van der Waals surface area contributed by atoms with Crippen LogP contribution in [0.25, 0.3) is 43.6 Å². The second-order valence-electron chi connectivity index (χ2n) is 10.8. The van der Waals surface area contributed by atoms with Gasteiger partial charge in [0.15, 0.2) is 0 Å². The fourth-order valence-corrected chi connectivity index (χ4v) is 6.51. The van der Waals surface area contributed by atoms with E-state index < -0.39 is 0 Å². The molecule has 0 unspecified atom stereocenters. The first kappa shape index (κ1) is 24.6. The van der Waals surface area contributed by atoms with Gasteiger partial charge in [0, 0.05) is 32.9 Å². The van der Waals surface area contributed by atoms with E-state index in [2.05, 4.69) is 115 Å². The first-order valence-corrected chi connectivity index (χ1v) is 14.3. The maximum atomic E-state index is 5.23. The molecule has 0 aliphatic carbocycles. The van der Waals surface area contributed by atoms with Gasteiger partial charge in [-0.1, -0.05) is 64.1 Å². The number of hydrogen-bond donors (Lipinski definition) is 0. The van der Waals surface area contributed by atoms with Crippen LogP contribution in [-0.2, 0) is 6.54 Å². The summed E-state index contributed by atoms with van der Waals surface area (Å²) in [6, 6.07) is 26.4. The van der Waals surface area contributed by atoms with Crippen molar-refractivity contribution in [3.8, 4) is 22.5 Å². The zero-order valence-electron chi connectivity index (χ0n) is 22.7. The monoisotopic (exact) mass is 515 g/mol. The van der Waals surface area contributed by atoms with E-state index in [1.807, 2.05) is 13.1 Å². The van der Waals surface area contributed by atoms with Gasteiger partial charge in [-0.3, -0.25) is 4.98 Å². The predicted molar refractivity (Wildman–Crippen MR) is 162 cm³/mol. The molecule has 6 aromatic rings. The fourth-order valence-electron chi connectivity index (χ4n) is 5.59. The largest absolute Gasteiger partial charge is 0.319 e. The number of fused-ring (bicyclic) bond motifs is 2. The van der Waals surface area contributed by atoms with E-state index in [0.29, 0.717) is 11.8 Å². The van der Waals surface area contributed by atoms with Crippen LogP contribution in [0.3, 0.4) is 0 Å². The van der Waals surface area contributed by atoms with Crippen molar-refractivity contribution in [3.05, 3.63) is 107 Å². The van der Waals surface area contributed by atoms with Crippen molar-refractivity contribution in [2.24, 2.45) is 0 Å². The lowest BCUT2D eigenvalue weighted by Crippen LogP contribution is -2.10. The molecule has 0 saturated carbocycles. The van der Waals surface area contributed by atoms with Crippen LogP contribution >= 0.6 is 11.3 Å². The summed E-state index contributed by atoms with van der Waals surface area (Å²) in [4.78, 5) is 9.61. The lowest BCUT2D eigenvalue weighted by Gasteiger charge is -2.21. The average Bonchev–Trinajstić information content (AvgIpc) is 3.49. The fraction of sp³-hybridized carbons (Fsp3) is 0.235. The van der Waals surface area contributed by atoms with Gasteiger partial charge in [0.2, 0.25) is 0 Å². The normalized spacial score (nSPS) is 11.9. The second kappa shape index (κ2) is 9.85. The summed E-state index contributed by atoms with van der Waals surface area (Å²) in [5.41, 5.74) is 11.1. The molecule has 3 heterocycles. The molecule has 3 aromatic carbocycles. The van der Waals surface area contributed by atoms with Crippen molar-refractivity contribution in [2.75, 3.05) is 0 Å². The Morgan fingerprint density at radius 2 is 1.55 bits per heavy atom. The van der Waals surface area contributed by atoms with Crippen molar-refractivity contribution in [2.45, 2.75) is 53.0 Å². The molecule has 4 heteroatoms. The predicted octanol–water partition coefficient (Wildman–Crippen LogP) is 9.58. The molecule has 3 nitrogen and oxygen atoms in total. The highest BCUT2D eigenvalue weighted by molar-refractivity contribution is 7.17. The van der Waals surface area contributed by atoms with E-state index >= 15 is 0 Å². The third-order valence-corrected chi connectivity index (χ3v) is 8.47. The number of pyridine rings is 1. The maximum Gasteiger partial charge on any atom is 0.142 e. The van der Waals surface area contributed by atoms with Crippen molar-refractivity contribution in [1.82, 2.24) is 14.5 Å². The number of aryl methyl sites for hydroxylation is 1. The summed E-state index contributed by atoms with van der Waals surface area (Å²) in [6.07, 6.45) is 1.89. The SMILES string of the molecule is Cc1cc(-c2ccc3scc(-c4nc5ccccc5n4Cc4c(C(C)C)cccc4C(C)C)c3c2)ccn1. The number of hydrogen-bond acceptors (Lipinski definition) is 3. The Bertz CT molecular complexity index is 1740. The summed E-state index contributed by atoms with van der Waals surface area (Å²) < 4.78 is 3.71. The molecule has 6 rings (SSSR count). The van der Waals surface area contributed by atoms with Crippen LogP contribution in [0.15, 0.2) is 84.4 Å². The Morgan fingerprint density at radius 3 is 2.29 bits per heavy atom. The molecule has 0 atom stereocenters. The van der Waals surface area contributed by atoms with E-state index in [1.165, 1.54) is 49.0 Å². The number of nitrogens with zero attached hydrogens (tertiary/aromatic N) is 3. The molecule has 0 fully saturated rings. The maximum absolute atomic E-state index is 5.23. The van der Waals surface area contributed by atoms with Crippen molar-refractivity contribution in [1.29, 1.82) is 0 Å². The molecule has 0 amide bonds. The zero-order chi connectivity index (χ0) is 26.4. The first-order valence-electron chi connectivity index (χ1n) is 13.4. The summed E-state index contributed by atoms with van der Waals surface area (Å²) in [5, 5.41) is 3.53. The van der Waals surface area contributed by atoms with Crippen molar-refractivity contribution in [3.63, 3.8) is 0 Å². The molecule has 0 N–H and O–H groups in total. The van der Waals surface area contributed by atoms with Crippen LogP contribution in [0.5, 0.6) is 0 Å². The van der Waals surface area contributed by atoms with Crippen LogP contribution in [0.1, 0.15) is 61.9 Å². The number of aromatic nitrogens is 3. The van der Waals surface area contributed by atoms with E-state index in [0.717, 1.165) is 23.6 Å². The van der Waals surface area contributed by atoms with Gasteiger partial charge in [-0.05, 0) is 83.0 Å². The van der Waals surface area contributed by atoms with Crippen molar-refractivity contribution < 1.29 is 0 Å². The van der Waals surface area contributed by atoms with E-state index in [-0.39, 0.29) is 0 Å². The smallest absolute Gasteiger partial charge is 0.142 e. The minimum absolute atomic E-state index is 0.454. The number of benzene rings is 3. The van der Waals surface area contributed by atoms with Gasteiger partial charge in [0.05, 0.1) is 17.6 Å². The molecule has 190 valence electrons. The van der Waals surface area contributed by atoms with Gasteiger partial charge in [0.25, 0.3) is 0 Å². The Hall–Kier alpha value is -3.76. The Labute approximate surface area is 228 Å². The summed E-state index contributed by atoms with van der Waals surface area (Å²) in [6.45, 7) is 12.0. The van der Waals surface area contributed by atoms with Gasteiger partial charge in [-0.15, -0.1) is 11.3 Å². The molecule has 0 aliphatic rings. The van der Waals surface area contributed by atoms with Gasteiger partial charge >= 0.3 is 0 Å². The highest BCUT2D eigenvalue weighted by Gasteiger charge is 2.20. The van der Waals surface area contributed by atoms with Crippen LogP contribution in [0.4, 0.5) is 0 Å².